The first kappa shape index (κ1) is 17.5. The Labute approximate surface area is 141 Å². The van der Waals surface area contributed by atoms with Crippen LogP contribution in [0, 0.1) is 5.82 Å². The molecule has 0 aliphatic rings. The third-order valence-electron chi connectivity index (χ3n) is 2.95. The van der Waals surface area contributed by atoms with Gasteiger partial charge in [0.1, 0.15) is 11.4 Å². The number of carbonyl (C=O) groups excluding carboxylic acids is 2. The number of nitrogens with two attached hydrogens (primary N) is 1. The SMILES string of the molecule is CCOC(=O)Oc1cc(NC(=O)c2cnn(C)c2N)c(Cl)cc1F. The Bertz CT molecular complexity index is 793. The van der Waals surface area contributed by atoms with Crippen LogP contribution in [0.25, 0.3) is 0 Å². The monoisotopic (exact) mass is 356 g/mol. The highest BCUT2D eigenvalue weighted by Crippen LogP contribution is 2.31. The van der Waals surface area contributed by atoms with Gasteiger partial charge in [0, 0.05) is 13.1 Å². The lowest BCUT2D eigenvalue weighted by molar-refractivity contribution is 0.102. The van der Waals surface area contributed by atoms with Gasteiger partial charge in [0.2, 0.25) is 0 Å². The van der Waals surface area contributed by atoms with Crippen molar-refractivity contribution in [1.82, 2.24) is 9.78 Å². The van der Waals surface area contributed by atoms with Crippen LogP contribution in [0.5, 0.6) is 5.75 Å². The summed E-state index contributed by atoms with van der Waals surface area (Å²) in [7, 11) is 1.57. The maximum atomic E-state index is 13.8. The van der Waals surface area contributed by atoms with Crippen LogP contribution in [0.2, 0.25) is 5.02 Å². The lowest BCUT2D eigenvalue weighted by Gasteiger charge is -2.10. The molecule has 10 heteroatoms. The number of anilines is 2. The molecule has 2 aromatic rings. The number of nitrogens with one attached hydrogen (secondary N) is 1. The first-order valence-corrected chi connectivity index (χ1v) is 7.13. The van der Waals surface area contributed by atoms with E-state index in [0.717, 1.165) is 12.1 Å². The second-order valence-electron chi connectivity index (χ2n) is 4.57. The van der Waals surface area contributed by atoms with Crippen molar-refractivity contribution in [2.75, 3.05) is 17.7 Å². The molecule has 1 heterocycles. The van der Waals surface area contributed by atoms with Crippen molar-refractivity contribution in [3.8, 4) is 5.75 Å². The summed E-state index contributed by atoms with van der Waals surface area (Å²) in [6.07, 6.45) is 0.200. The van der Waals surface area contributed by atoms with Crippen molar-refractivity contribution in [2.45, 2.75) is 6.92 Å². The molecule has 0 atom stereocenters. The highest BCUT2D eigenvalue weighted by atomic mass is 35.5. The number of ether oxygens (including phenoxy) is 2. The van der Waals surface area contributed by atoms with E-state index in [1.54, 1.807) is 14.0 Å². The van der Waals surface area contributed by atoms with Gasteiger partial charge in [-0.3, -0.25) is 9.48 Å². The third-order valence-corrected chi connectivity index (χ3v) is 3.27. The number of rotatable bonds is 4. The van der Waals surface area contributed by atoms with Gasteiger partial charge in [-0.1, -0.05) is 11.6 Å². The number of nitrogen functional groups attached to an aromatic ring is 1. The van der Waals surface area contributed by atoms with Crippen LogP contribution in [0.15, 0.2) is 18.3 Å². The van der Waals surface area contributed by atoms with Gasteiger partial charge >= 0.3 is 6.16 Å². The van der Waals surface area contributed by atoms with Crippen LogP contribution in [0.3, 0.4) is 0 Å². The van der Waals surface area contributed by atoms with E-state index in [1.807, 2.05) is 0 Å². The molecule has 3 N–H and O–H groups in total. The molecule has 0 spiro atoms. The predicted octanol–water partition coefficient (Wildman–Crippen LogP) is 2.58. The Morgan fingerprint density at radius 3 is 2.75 bits per heavy atom. The van der Waals surface area contributed by atoms with E-state index in [1.165, 1.54) is 10.9 Å². The zero-order valence-electron chi connectivity index (χ0n) is 12.8. The summed E-state index contributed by atoms with van der Waals surface area (Å²) >= 11 is 5.90. The highest BCUT2D eigenvalue weighted by Gasteiger charge is 2.18. The fourth-order valence-electron chi connectivity index (χ4n) is 1.75. The fraction of sp³-hybridized carbons (Fsp3) is 0.214. The number of halogens is 2. The van der Waals surface area contributed by atoms with E-state index in [2.05, 4.69) is 15.2 Å². The van der Waals surface area contributed by atoms with Gasteiger partial charge in [0.25, 0.3) is 5.91 Å². The first-order valence-electron chi connectivity index (χ1n) is 6.76. The highest BCUT2D eigenvalue weighted by molar-refractivity contribution is 6.34. The Kier molecular flexibility index (Phi) is 5.24. The van der Waals surface area contributed by atoms with E-state index < -0.39 is 23.6 Å². The number of amides is 1. The Balaban J connectivity index is 2.25. The smallest absolute Gasteiger partial charge is 0.434 e. The van der Waals surface area contributed by atoms with E-state index in [0.29, 0.717) is 0 Å². The zero-order valence-corrected chi connectivity index (χ0v) is 13.6. The van der Waals surface area contributed by atoms with Gasteiger partial charge in [-0.25, -0.2) is 9.18 Å². The zero-order chi connectivity index (χ0) is 17.9. The summed E-state index contributed by atoms with van der Waals surface area (Å²) in [6.45, 7) is 1.64. The lowest BCUT2D eigenvalue weighted by Crippen LogP contribution is -2.15. The molecule has 0 bridgehead atoms. The van der Waals surface area contributed by atoms with E-state index >= 15 is 0 Å². The number of hydrogen-bond acceptors (Lipinski definition) is 6. The van der Waals surface area contributed by atoms with E-state index in [9.17, 15) is 14.0 Å². The number of aryl methyl sites for hydroxylation is 1. The molecule has 1 aromatic carbocycles. The molecule has 0 fully saturated rings. The van der Waals surface area contributed by atoms with Gasteiger partial charge in [-0.05, 0) is 13.0 Å². The Morgan fingerprint density at radius 1 is 1.46 bits per heavy atom. The van der Waals surface area contributed by atoms with Crippen molar-refractivity contribution in [2.24, 2.45) is 7.05 Å². The van der Waals surface area contributed by atoms with Crippen LogP contribution in [0.1, 0.15) is 17.3 Å². The van der Waals surface area contributed by atoms with Crippen LogP contribution in [0.4, 0.5) is 20.7 Å². The van der Waals surface area contributed by atoms with Crippen molar-refractivity contribution < 1.29 is 23.5 Å². The van der Waals surface area contributed by atoms with E-state index in [-0.39, 0.29) is 28.7 Å². The minimum absolute atomic E-state index is 0.0330. The molecule has 0 radical (unpaired) electrons. The molecule has 0 saturated carbocycles. The summed E-state index contributed by atoms with van der Waals surface area (Å²) in [5.41, 5.74) is 5.86. The quantitative estimate of drug-likeness (QED) is 0.643. The fourth-order valence-corrected chi connectivity index (χ4v) is 1.95. The molecule has 0 unspecified atom stereocenters. The van der Waals surface area contributed by atoms with Crippen molar-refractivity contribution in [3.05, 3.63) is 34.7 Å². The molecule has 0 saturated heterocycles. The minimum atomic E-state index is -1.08. The number of hydrogen-bond donors (Lipinski definition) is 2. The van der Waals surface area contributed by atoms with Crippen LogP contribution in [-0.2, 0) is 11.8 Å². The van der Waals surface area contributed by atoms with E-state index in [4.69, 9.17) is 22.1 Å². The number of nitrogens with zero attached hydrogens (tertiary/aromatic N) is 2. The average Bonchev–Trinajstić information content (AvgIpc) is 2.84. The molecular formula is C14H14ClFN4O4. The van der Waals surface area contributed by atoms with Crippen LogP contribution in [-0.4, -0.2) is 28.4 Å². The predicted molar refractivity (Wildman–Crippen MR) is 84.6 cm³/mol. The molecule has 128 valence electrons. The number of carbonyl (C=O) groups is 2. The molecule has 0 aliphatic carbocycles. The van der Waals surface area contributed by atoms with Crippen molar-refractivity contribution >= 4 is 35.2 Å². The second kappa shape index (κ2) is 7.18. The summed E-state index contributed by atoms with van der Waals surface area (Å²) in [4.78, 5) is 23.5. The molecule has 2 rings (SSSR count). The molecule has 24 heavy (non-hydrogen) atoms. The maximum absolute atomic E-state index is 13.8. The molecular weight excluding hydrogens is 343 g/mol. The molecule has 0 aliphatic heterocycles. The summed E-state index contributed by atoms with van der Waals surface area (Å²) in [5, 5.41) is 6.21. The topological polar surface area (TPSA) is 108 Å². The number of benzene rings is 1. The third kappa shape index (κ3) is 3.74. The standard InChI is InChI=1S/C14H14ClFN4O4/c1-3-23-14(22)24-11-5-10(8(15)4-9(11)16)19-13(21)7-6-18-20(2)12(7)17/h4-6H,3,17H2,1-2H3,(H,19,21). The largest absolute Gasteiger partial charge is 0.513 e. The first-order chi connectivity index (χ1) is 11.3. The lowest BCUT2D eigenvalue weighted by atomic mass is 10.2. The maximum Gasteiger partial charge on any atom is 0.513 e. The van der Waals surface area contributed by atoms with Crippen molar-refractivity contribution in [1.29, 1.82) is 0 Å². The van der Waals surface area contributed by atoms with Crippen LogP contribution < -0.4 is 15.8 Å². The number of aromatic nitrogens is 2. The normalized spacial score (nSPS) is 10.3. The Morgan fingerprint density at radius 2 is 2.17 bits per heavy atom. The summed E-state index contributed by atoms with van der Waals surface area (Å²) in [5.74, 6) is -1.77. The molecule has 8 nitrogen and oxygen atoms in total. The summed E-state index contributed by atoms with van der Waals surface area (Å²) in [6, 6.07) is 1.97. The van der Waals surface area contributed by atoms with Gasteiger partial charge in [0.05, 0.1) is 23.5 Å². The molecule has 1 aromatic heterocycles. The van der Waals surface area contributed by atoms with Crippen molar-refractivity contribution in [3.63, 3.8) is 0 Å². The van der Waals surface area contributed by atoms with Gasteiger partial charge < -0.3 is 20.5 Å². The Hall–Kier alpha value is -2.81. The average molecular weight is 357 g/mol. The van der Waals surface area contributed by atoms with Gasteiger partial charge in [0.15, 0.2) is 11.6 Å². The van der Waals surface area contributed by atoms with Gasteiger partial charge in [-0.2, -0.15) is 5.10 Å². The summed E-state index contributed by atoms with van der Waals surface area (Å²) < 4.78 is 24.4. The molecule has 1 amide bonds. The van der Waals surface area contributed by atoms with Gasteiger partial charge in [-0.15, -0.1) is 0 Å². The second-order valence-corrected chi connectivity index (χ2v) is 4.98. The van der Waals surface area contributed by atoms with Crippen LogP contribution >= 0.6 is 11.6 Å². The minimum Gasteiger partial charge on any atom is -0.434 e.